The van der Waals surface area contributed by atoms with Crippen molar-refractivity contribution in [2.45, 2.75) is 13.3 Å². The highest BCUT2D eigenvalue weighted by atomic mass is 16.5. The Kier molecular flexibility index (Phi) is 7.33. The number of benzene rings is 2. The normalized spacial score (nSPS) is 13.5. The Morgan fingerprint density at radius 1 is 1.14 bits per heavy atom. The van der Waals surface area contributed by atoms with Crippen molar-refractivity contribution in [2.75, 3.05) is 44.8 Å². The Bertz CT molecular complexity index is 836. The lowest BCUT2D eigenvalue weighted by Crippen LogP contribution is -2.42. The topological polar surface area (TPSA) is 75.2 Å². The highest BCUT2D eigenvalue weighted by Gasteiger charge is 2.24. The first-order valence-corrected chi connectivity index (χ1v) is 9.83. The number of carbonyl (C=O) groups excluding carboxylic acids is 1. The van der Waals surface area contributed by atoms with Gasteiger partial charge >= 0.3 is 0 Å². The van der Waals surface area contributed by atoms with Gasteiger partial charge < -0.3 is 25.0 Å². The minimum Gasteiger partial charge on any atom is -0.492 e. The Balaban J connectivity index is 1.36. The number of amides is 1. The molecule has 1 aliphatic heterocycles. The fraction of sp³-hybridized carbons (Fsp3) is 0.364. The maximum absolute atomic E-state index is 12.2. The van der Waals surface area contributed by atoms with Gasteiger partial charge in [0.1, 0.15) is 18.1 Å². The molecule has 2 aromatic carbocycles. The summed E-state index contributed by atoms with van der Waals surface area (Å²) in [4.78, 5) is 18.2. The summed E-state index contributed by atoms with van der Waals surface area (Å²) in [7, 11) is 1.73. The van der Waals surface area contributed by atoms with Gasteiger partial charge in [-0.1, -0.05) is 29.8 Å². The summed E-state index contributed by atoms with van der Waals surface area (Å²) in [5.41, 5.74) is 2.04. The molecule has 29 heavy (non-hydrogen) atoms. The molecule has 7 nitrogen and oxygen atoms in total. The average Bonchev–Trinajstić information content (AvgIpc) is 2.75. The van der Waals surface area contributed by atoms with Crippen LogP contribution in [0, 0.1) is 6.92 Å². The van der Waals surface area contributed by atoms with Crippen LogP contribution in [-0.4, -0.2) is 51.8 Å². The van der Waals surface area contributed by atoms with Crippen molar-refractivity contribution >= 4 is 17.6 Å². The number of aliphatic imine (C=N–C) groups is 1. The number of rotatable bonds is 8. The van der Waals surface area contributed by atoms with E-state index in [1.54, 1.807) is 11.9 Å². The number of carbonyl (C=O) groups is 1. The predicted molar refractivity (Wildman–Crippen MR) is 115 cm³/mol. The first kappa shape index (κ1) is 20.5. The van der Waals surface area contributed by atoms with Crippen LogP contribution >= 0.6 is 0 Å². The highest BCUT2D eigenvalue weighted by molar-refractivity contribution is 5.97. The minimum atomic E-state index is -0.0144. The Morgan fingerprint density at radius 3 is 2.69 bits per heavy atom. The standard InChI is InChI=1S/C22H28N4O3/c1-17-8-10-18(11-9-17)28-15-13-25-22(23-2)24-12-5-14-26-19-6-3-4-7-20(19)29-16-21(26)27/h3-4,6-11H,5,12-16H2,1-2H3,(H2,23,24,25). The molecular formula is C22H28N4O3. The zero-order valence-corrected chi connectivity index (χ0v) is 17.0. The molecule has 0 radical (unpaired) electrons. The number of ether oxygens (including phenoxy) is 2. The third-order valence-corrected chi connectivity index (χ3v) is 4.57. The summed E-state index contributed by atoms with van der Waals surface area (Å²) >= 11 is 0. The summed E-state index contributed by atoms with van der Waals surface area (Å²) < 4.78 is 11.2. The zero-order valence-electron chi connectivity index (χ0n) is 17.0. The molecule has 3 rings (SSSR count). The number of guanidine groups is 1. The van der Waals surface area contributed by atoms with Crippen LogP contribution in [0.1, 0.15) is 12.0 Å². The van der Waals surface area contributed by atoms with E-state index < -0.39 is 0 Å². The van der Waals surface area contributed by atoms with Gasteiger partial charge in [-0.05, 0) is 37.6 Å². The van der Waals surface area contributed by atoms with Gasteiger partial charge in [0.05, 0.1) is 12.2 Å². The molecule has 0 fully saturated rings. The Hall–Kier alpha value is -3.22. The fourth-order valence-electron chi connectivity index (χ4n) is 3.04. The Morgan fingerprint density at radius 2 is 1.90 bits per heavy atom. The maximum Gasteiger partial charge on any atom is 0.265 e. The van der Waals surface area contributed by atoms with E-state index >= 15 is 0 Å². The smallest absolute Gasteiger partial charge is 0.265 e. The van der Waals surface area contributed by atoms with Crippen molar-refractivity contribution in [3.8, 4) is 11.5 Å². The second-order valence-electron chi connectivity index (χ2n) is 6.74. The molecule has 0 aliphatic carbocycles. The van der Waals surface area contributed by atoms with E-state index in [0.717, 1.165) is 23.6 Å². The lowest BCUT2D eigenvalue weighted by atomic mass is 10.2. The number of anilines is 1. The van der Waals surface area contributed by atoms with Crippen molar-refractivity contribution in [3.63, 3.8) is 0 Å². The first-order chi connectivity index (χ1) is 14.2. The van der Waals surface area contributed by atoms with Crippen LogP contribution in [0.25, 0.3) is 0 Å². The van der Waals surface area contributed by atoms with E-state index in [4.69, 9.17) is 9.47 Å². The van der Waals surface area contributed by atoms with Crippen LogP contribution in [0.3, 0.4) is 0 Å². The van der Waals surface area contributed by atoms with Crippen LogP contribution in [-0.2, 0) is 4.79 Å². The van der Waals surface area contributed by atoms with E-state index in [1.165, 1.54) is 5.56 Å². The van der Waals surface area contributed by atoms with E-state index in [2.05, 4.69) is 22.5 Å². The van der Waals surface area contributed by atoms with Crippen LogP contribution in [0.4, 0.5) is 5.69 Å². The molecule has 0 spiro atoms. The highest BCUT2D eigenvalue weighted by Crippen LogP contribution is 2.31. The first-order valence-electron chi connectivity index (χ1n) is 9.83. The number of hydrogen-bond acceptors (Lipinski definition) is 4. The van der Waals surface area contributed by atoms with Crippen LogP contribution in [0.5, 0.6) is 11.5 Å². The van der Waals surface area contributed by atoms with Crippen LogP contribution < -0.4 is 25.0 Å². The van der Waals surface area contributed by atoms with Gasteiger partial charge in [-0.3, -0.25) is 9.79 Å². The minimum absolute atomic E-state index is 0.0144. The number of nitrogens with one attached hydrogen (secondary N) is 2. The second-order valence-corrected chi connectivity index (χ2v) is 6.74. The fourth-order valence-corrected chi connectivity index (χ4v) is 3.04. The average molecular weight is 396 g/mol. The monoisotopic (exact) mass is 396 g/mol. The molecule has 1 aliphatic rings. The second kappa shape index (κ2) is 10.4. The van der Waals surface area contributed by atoms with E-state index in [0.29, 0.717) is 32.2 Å². The van der Waals surface area contributed by atoms with Crippen LogP contribution in [0.2, 0.25) is 0 Å². The summed E-state index contributed by atoms with van der Waals surface area (Å²) in [6, 6.07) is 15.6. The molecule has 154 valence electrons. The molecule has 2 N–H and O–H groups in total. The molecule has 0 saturated carbocycles. The number of hydrogen-bond donors (Lipinski definition) is 2. The molecular weight excluding hydrogens is 368 g/mol. The number of nitrogens with zero attached hydrogens (tertiary/aromatic N) is 2. The molecule has 0 bridgehead atoms. The molecule has 0 atom stereocenters. The molecule has 0 saturated heterocycles. The SMILES string of the molecule is CN=C(NCCCN1C(=O)COc2ccccc21)NCCOc1ccc(C)cc1. The molecule has 0 aromatic heterocycles. The largest absolute Gasteiger partial charge is 0.492 e. The van der Waals surface area contributed by atoms with Crippen molar-refractivity contribution in [1.82, 2.24) is 10.6 Å². The molecule has 0 unspecified atom stereocenters. The van der Waals surface area contributed by atoms with Gasteiger partial charge in [0.2, 0.25) is 0 Å². The van der Waals surface area contributed by atoms with Gasteiger partial charge in [0.25, 0.3) is 5.91 Å². The van der Waals surface area contributed by atoms with Gasteiger partial charge in [-0.15, -0.1) is 0 Å². The molecule has 2 aromatic rings. The number of fused-ring (bicyclic) bond motifs is 1. The lowest BCUT2D eigenvalue weighted by molar-refractivity contribution is -0.121. The number of para-hydroxylation sites is 2. The van der Waals surface area contributed by atoms with Gasteiger partial charge in [0, 0.05) is 20.1 Å². The van der Waals surface area contributed by atoms with Crippen molar-refractivity contribution in [3.05, 3.63) is 54.1 Å². The van der Waals surface area contributed by atoms with Crippen LogP contribution in [0.15, 0.2) is 53.5 Å². The van der Waals surface area contributed by atoms with Crippen molar-refractivity contribution in [2.24, 2.45) is 4.99 Å². The summed E-state index contributed by atoms with van der Waals surface area (Å²) in [5.74, 6) is 2.31. The predicted octanol–water partition coefficient (Wildman–Crippen LogP) is 2.35. The van der Waals surface area contributed by atoms with E-state index in [1.807, 2.05) is 48.5 Å². The number of aryl methyl sites for hydroxylation is 1. The van der Waals surface area contributed by atoms with Gasteiger partial charge in [0.15, 0.2) is 12.6 Å². The summed E-state index contributed by atoms with van der Waals surface area (Å²) in [6.45, 7) is 4.65. The van der Waals surface area contributed by atoms with E-state index in [9.17, 15) is 4.79 Å². The molecule has 1 heterocycles. The third-order valence-electron chi connectivity index (χ3n) is 4.57. The Labute approximate surface area is 171 Å². The lowest BCUT2D eigenvalue weighted by Gasteiger charge is -2.29. The molecule has 1 amide bonds. The summed E-state index contributed by atoms with van der Waals surface area (Å²) in [5, 5.41) is 6.50. The maximum atomic E-state index is 12.2. The van der Waals surface area contributed by atoms with Gasteiger partial charge in [-0.25, -0.2) is 0 Å². The third kappa shape index (κ3) is 5.88. The quantitative estimate of drug-likeness (QED) is 0.407. The van der Waals surface area contributed by atoms with Crippen molar-refractivity contribution < 1.29 is 14.3 Å². The molecule has 7 heteroatoms. The van der Waals surface area contributed by atoms with E-state index in [-0.39, 0.29) is 12.5 Å². The van der Waals surface area contributed by atoms with Gasteiger partial charge in [-0.2, -0.15) is 0 Å². The van der Waals surface area contributed by atoms with Crippen molar-refractivity contribution in [1.29, 1.82) is 0 Å². The summed E-state index contributed by atoms with van der Waals surface area (Å²) in [6.07, 6.45) is 0.792. The zero-order chi connectivity index (χ0) is 20.5.